The van der Waals surface area contributed by atoms with Crippen LogP contribution in [0.25, 0.3) is 10.8 Å². The van der Waals surface area contributed by atoms with Crippen molar-refractivity contribution in [2.75, 3.05) is 26.3 Å². The number of benzene rings is 2. The first-order chi connectivity index (χ1) is 9.92. The van der Waals surface area contributed by atoms with Crippen LogP contribution in [0.5, 0.6) is 0 Å². The fourth-order valence-electron chi connectivity index (χ4n) is 3.27. The molecule has 0 saturated carbocycles. The molecule has 0 spiro atoms. The molecule has 0 N–H and O–H groups in total. The monoisotopic (exact) mass is 269 g/mol. The molecule has 0 bridgehead atoms. The Hall–Kier alpha value is -1.42. The molecule has 4 rings (SSSR count). The van der Waals surface area contributed by atoms with Crippen LogP contribution in [0.3, 0.4) is 0 Å². The molecule has 0 amide bonds. The van der Waals surface area contributed by atoms with Crippen molar-refractivity contribution in [3.63, 3.8) is 0 Å². The molecule has 0 radical (unpaired) electrons. The topological polar surface area (TPSA) is 21.7 Å². The predicted molar refractivity (Wildman–Crippen MR) is 78.5 cm³/mol. The molecule has 104 valence electrons. The first-order valence-corrected chi connectivity index (χ1v) is 7.32. The molecule has 3 heteroatoms. The minimum absolute atomic E-state index is 0.757. The van der Waals surface area contributed by atoms with Crippen molar-refractivity contribution < 1.29 is 9.47 Å². The van der Waals surface area contributed by atoms with Crippen molar-refractivity contribution in [3.05, 3.63) is 47.0 Å². The van der Waals surface area contributed by atoms with Gasteiger partial charge in [0.1, 0.15) is 0 Å². The van der Waals surface area contributed by atoms with E-state index >= 15 is 0 Å². The lowest BCUT2D eigenvalue weighted by Gasteiger charge is -2.27. The third kappa shape index (κ3) is 2.12. The van der Waals surface area contributed by atoms with Gasteiger partial charge in [0.2, 0.25) is 0 Å². The molecule has 0 aromatic heterocycles. The lowest BCUT2D eigenvalue weighted by Crippen LogP contribution is -2.35. The van der Waals surface area contributed by atoms with E-state index in [0.717, 1.165) is 46.1 Å². The van der Waals surface area contributed by atoms with Crippen LogP contribution in [0.15, 0.2) is 30.3 Å². The van der Waals surface area contributed by atoms with Gasteiger partial charge in [-0.25, -0.2) is 0 Å². The molecule has 2 aromatic carbocycles. The molecule has 3 nitrogen and oxygen atoms in total. The SMILES string of the molecule is c1ccc2c3c(c(CN4CCOCC4)cc2c1)COC3. The van der Waals surface area contributed by atoms with Crippen molar-refractivity contribution in [1.29, 1.82) is 0 Å². The highest BCUT2D eigenvalue weighted by molar-refractivity contribution is 5.88. The number of hydrogen-bond donors (Lipinski definition) is 0. The maximum absolute atomic E-state index is 5.71. The quantitative estimate of drug-likeness (QED) is 0.836. The zero-order valence-corrected chi connectivity index (χ0v) is 11.6. The van der Waals surface area contributed by atoms with Gasteiger partial charge in [-0.1, -0.05) is 24.3 Å². The highest BCUT2D eigenvalue weighted by Crippen LogP contribution is 2.32. The summed E-state index contributed by atoms with van der Waals surface area (Å²) >= 11 is 0. The van der Waals surface area contributed by atoms with Crippen LogP contribution in [0, 0.1) is 0 Å². The second-order valence-corrected chi connectivity index (χ2v) is 5.60. The summed E-state index contributed by atoms with van der Waals surface area (Å²) in [4.78, 5) is 2.48. The number of hydrogen-bond acceptors (Lipinski definition) is 3. The Morgan fingerprint density at radius 1 is 0.950 bits per heavy atom. The number of rotatable bonds is 2. The molecule has 2 aliphatic heterocycles. The molecule has 2 aromatic rings. The van der Waals surface area contributed by atoms with Crippen molar-refractivity contribution in [2.24, 2.45) is 0 Å². The minimum atomic E-state index is 0.757. The van der Waals surface area contributed by atoms with Gasteiger partial charge >= 0.3 is 0 Å². The molecule has 1 saturated heterocycles. The van der Waals surface area contributed by atoms with Gasteiger partial charge in [-0.2, -0.15) is 0 Å². The Morgan fingerprint density at radius 3 is 2.65 bits per heavy atom. The van der Waals surface area contributed by atoms with Gasteiger partial charge in [0.05, 0.1) is 26.4 Å². The van der Waals surface area contributed by atoms with Crippen LogP contribution in [-0.4, -0.2) is 31.2 Å². The summed E-state index contributed by atoms with van der Waals surface area (Å²) in [6.45, 7) is 6.30. The van der Waals surface area contributed by atoms with Crippen LogP contribution in [0.1, 0.15) is 16.7 Å². The zero-order chi connectivity index (χ0) is 13.4. The number of ether oxygens (including phenoxy) is 2. The van der Waals surface area contributed by atoms with Crippen molar-refractivity contribution in [1.82, 2.24) is 4.90 Å². The van der Waals surface area contributed by atoms with Gasteiger partial charge in [-0.15, -0.1) is 0 Å². The molecule has 1 fully saturated rings. The summed E-state index contributed by atoms with van der Waals surface area (Å²) in [6, 6.07) is 11.0. The van der Waals surface area contributed by atoms with Crippen LogP contribution < -0.4 is 0 Å². The highest BCUT2D eigenvalue weighted by atomic mass is 16.5. The standard InChI is InChI=1S/C17H19NO2/c1-2-4-15-13(3-1)9-14(16-11-20-12-17(15)16)10-18-5-7-19-8-6-18/h1-4,9H,5-8,10-12H2. The summed E-state index contributed by atoms with van der Waals surface area (Å²) in [5.74, 6) is 0. The fourth-order valence-corrected chi connectivity index (χ4v) is 3.27. The minimum Gasteiger partial charge on any atom is -0.379 e. The molecule has 0 unspecified atom stereocenters. The zero-order valence-electron chi connectivity index (χ0n) is 11.6. The highest BCUT2D eigenvalue weighted by Gasteiger charge is 2.20. The van der Waals surface area contributed by atoms with Gasteiger partial charge in [0, 0.05) is 19.6 Å². The largest absolute Gasteiger partial charge is 0.379 e. The molecule has 20 heavy (non-hydrogen) atoms. The lowest BCUT2D eigenvalue weighted by molar-refractivity contribution is 0.0339. The molecule has 0 aliphatic carbocycles. The maximum Gasteiger partial charge on any atom is 0.0731 e. The van der Waals surface area contributed by atoms with E-state index in [0.29, 0.717) is 0 Å². The van der Waals surface area contributed by atoms with Crippen LogP contribution in [0.2, 0.25) is 0 Å². The number of fused-ring (bicyclic) bond motifs is 3. The molecular weight excluding hydrogens is 250 g/mol. The third-order valence-corrected chi connectivity index (χ3v) is 4.36. The first-order valence-electron chi connectivity index (χ1n) is 7.32. The summed E-state index contributed by atoms with van der Waals surface area (Å²) in [5.41, 5.74) is 4.24. The summed E-state index contributed by atoms with van der Waals surface area (Å²) < 4.78 is 11.1. The second-order valence-electron chi connectivity index (χ2n) is 5.60. The van der Waals surface area contributed by atoms with Gasteiger partial charge < -0.3 is 9.47 Å². The Labute approximate surface area is 119 Å². The average Bonchev–Trinajstić information content (AvgIpc) is 2.98. The third-order valence-electron chi connectivity index (χ3n) is 4.36. The maximum atomic E-state index is 5.71. The van der Waals surface area contributed by atoms with E-state index in [1.165, 1.54) is 27.5 Å². The van der Waals surface area contributed by atoms with Crippen LogP contribution in [-0.2, 0) is 29.2 Å². The van der Waals surface area contributed by atoms with E-state index < -0.39 is 0 Å². The Balaban J connectivity index is 1.75. The molecular formula is C17H19NO2. The Morgan fingerprint density at radius 2 is 1.75 bits per heavy atom. The van der Waals surface area contributed by atoms with Gasteiger partial charge in [-0.05, 0) is 33.5 Å². The Bertz CT molecular complexity index is 632. The van der Waals surface area contributed by atoms with Crippen molar-refractivity contribution >= 4 is 10.8 Å². The summed E-state index contributed by atoms with van der Waals surface area (Å²) in [6.07, 6.45) is 0. The number of morpholine rings is 1. The van der Waals surface area contributed by atoms with Crippen molar-refractivity contribution in [2.45, 2.75) is 19.8 Å². The summed E-state index contributed by atoms with van der Waals surface area (Å²) in [5, 5.41) is 2.69. The van der Waals surface area contributed by atoms with Crippen LogP contribution in [0.4, 0.5) is 0 Å². The first kappa shape index (κ1) is 12.3. The van der Waals surface area contributed by atoms with E-state index in [1.807, 2.05) is 0 Å². The molecule has 2 aliphatic rings. The van der Waals surface area contributed by atoms with E-state index in [2.05, 4.69) is 35.2 Å². The van der Waals surface area contributed by atoms with Gasteiger partial charge in [0.15, 0.2) is 0 Å². The van der Waals surface area contributed by atoms with E-state index in [1.54, 1.807) is 0 Å². The molecule has 2 heterocycles. The lowest BCUT2D eigenvalue weighted by atomic mass is 9.95. The van der Waals surface area contributed by atoms with Crippen molar-refractivity contribution in [3.8, 4) is 0 Å². The average molecular weight is 269 g/mol. The van der Waals surface area contributed by atoms with E-state index in [-0.39, 0.29) is 0 Å². The normalized spacial score (nSPS) is 19.4. The second kappa shape index (κ2) is 5.17. The number of nitrogens with zero attached hydrogens (tertiary/aromatic N) is 1. The van der Waals surface area contributed by atoms with Gasteiger partial charge in [0.25, 0.3) is 0 Å². The smallest absolute Gasteiger partial charge is 0.0731 e. The van der Waals surface area contributed by atoms with E-state index in [9.17, 15) is 0 Å². The predicted octanol–water partition coefficient (Wildman–Crippen LogP) is 2.70. The van der Waals surface area contributed by atoms with Gasteiger partial charge in [-0.3, -0.25) is 4.90 Å². The van der Waals surface area contributed by atoms with E-state index in [4.69, 9.17) is 9.47 Å². The molecule has 0 atom stereocenters. The summed E-state index contributed by atoms with van der Waals surface area (Å²) in [7, 11) is 0. The fraction of sp³-hybridized carbons (Fsp3) is 0.412. The Kier molecular flexibility index (Phi) is 3.19. The van der Waals surface area contributed by atoms with Crippen LogP contribution >= 0.6 is 0 Å².